The molecule has 0 bridgehead atoms. The zero-order chi connectivity index (χ0) is 20.2. The van der Waals surface area contributed by atoms with Crippen LogP contribution in [0.5, 0.6) is 0 Å². The highest BCUT2D eigenvalue weighted by atomic mass is 16.3. The molecule has 0 saturated carbocycles. The first-order valence-electron chi connectivity index (χ1n) is 10.3. The van der Waals surface area contributed by atoms with Gasteiger partial charge in [-0.05, 0) is 46.5 Å². The molecule has 2 heterocycles. The smallest absolute Gasteiger partial charge is 0.123 e. The third-order valence-corrected chi connectivity index (χ3v) is 5.50. The van der Waals surface area contributed by atoms with Gasteiger partial charge in [0.25, 0.3) is 0 Å². The summed E-state index contributed by atoms with van der Waals surface area (Å²) in [5, 5.41) is 0. The molecule has 30 heavy (non-hydrogen) atoms. The lowest BCUT2D eigenvalue weighted by molar-refractivity contribution is 0.302. The first kappa shape index (κ1) is 18.3. The molecule has 0 fully saturated rings. The maximum atomic E-state index is 5.73. The first-order valence-corrected chi connectivity index (χ1v) is 10.3. The molecule has 0 spiro atoms. The number of benzene rings is 3. The zero-order valence-corrected chi connectivity index (χ0v) is 16.7. The van der Waals surface area contributed by atoms with Crippen LogP contribution in [0.4, 0.5) is 0 Å². The number of hydrogen-bond donors (Lipinski definition) is 0. The SMILES string of the molecule is C1=C(c2ccccc2)C=C(c2ccccc2)N(Cc2ccco2)C1c1ccccc1. The van der Waals surface area contributed by atoms with Crippen LogP contribution in [0.1, 0.15) is 28.5 Å². The van der Waals surface area contributed by atoms with Crippen molar-refractivity contribution in [2.24, 2.45) is 0 Å². The van der Waals surface area contributed by atoms with E-state index >= 15 is 0 Å². The lowest BCUT2D eigenvalue weighted by atomic mass is 9.91. The van der Waals surface area contributed by atoms with E-state index < -0.39 is 0 Å². The number of nitrogens with zero attached hydrogens (tertiary/aromatic N) is 1. The molecule has 0 aliphatic carbocycles. The lowest BCUT2D eigenvalue weighted by Crippen LogP contribution is -2.28. The number of allylic oxidation sites excluding steroid dienone is 2. The Kier molecular flexibility index (Phi) is 5.05. The van der Waals surface area contributed by atoms with Gasteiger partial charge in [-0.2, -0.15) is 0 Å². The summed E-state index contributed by atoms with van der Waals surface area (Å²) in [6.07, 6.45) is 6.40. The third-order valence-electron chi connectivity index (χ3n) is 5.50. The Balaban J connectivity index is 1.67. The van der Waals surface area contributed by atoms with Crippen molar-refractivity contribution in [1.29, 1.82) is 0 Å². The van der Waals surface area contributed by atoms with Gasteiger partial charge >= 0.3 is 0 Å². The summed E-state index contributed by atoms with van der Waals surface area (Å²) in [4.78, 5) is 2.43. The summed E-state index contributed by atoms with van der Waals surface area (Å²) >= 11 is 0. The van der Waals surface area contributed by atoms with Gasteiger partial charge in [0.05, 0.1) is 18.8 Å². The standard InChI is InChI=1S/C28H23NO/c1-4-11-22(12-5-1)25-19-27(23-13-6-2-7-14-23)29(21-26-17-10-18-30-26)28(20-25)24-15-8-3-9-16-24/h1-20,27H,21H2. The minimum atomic E-state index is 0.103. The van der Waals surface area contributed by atoms with Gasteiger partial charge in [-0.25, -0.2) is 0 Å². The van der Waals surface area contributed by atoms with E-state index in [2.05, 4.69) is 108 Å². The zero-order valence-electron chi connectivity index (χ0n) is 16.7. The fourth-order valence-corrected chi connectivity index (χ4v) is 4.04. The van der Waals surface area contributed by atoms with E-state index in [9.17, 15) is 0 Å². The summed E-state index contributed by atoms with van der Waals surface area (Å²) in [5.74, 6) is 0.953. The van der Waals surface area contributed by atoms with Gasteiger partial charge in [0.1, 0.15) is 5.76 Å². The van der Waals surface area contributed by atoms with E-state index in [1.807, 2.05) is 12.1 Å². The van der Waals surface area contributed by atoms with Crippen LogP contribution in [0.3, 0.4) is 0 Å². The minimum Gasteiger partial charge on any atom is -0.467 e. The minimum absolute atomic E-state index is 0.103. The second-order valence-electron chi connectivity index (χ2n) is 7.45. The highest BCUT2D eigenvalue weighted by Crippen LogP contribution is 2.40. The molecule has 0 amide bonds. The summed E-state index contributed by atoms with van der Waals surface area (Å²) in [6, 6.07) is 36.0. The average molecular weight is 389 g/mol. The van der Waals surface area contributed by atoms with Gasteiger partial charge in [0.15, 0.2) is 0 Å². The Morgan fingerprint density at radius 3 is 1.93 bits per heavy atom. The van der Waals surface area contributed by atoms with Gasteiger partial charge in [-0.1, -0.05) is 91.0 Å². The van der Waals surface area contributed by atoms with Crippen LogP contribution in [-0.4, -0.2) is 4.90 Å². The van der Waals surface area contributed by atoms with E-state index in [1.165, 1.54) is 28.0 Å². The molecular formula is C28H23NO. The second-order valence-corrected chi connectivity index (χ2v) is 7.45. The summed E-state index contributed by atoms with van der Waals surface area (Å²) < 4.78 is 5.73. The van der Waals surface area contributed by atoms with Crippen LogP contribution in [0.15, 0.2) is 126 Å². The quantitative estimate of drug-likeness (QED) is 0.367. The third kappa shape index (κ3) is 3.72. The molecule has 5 rings (SSSR count). The number of rotatable bonds is 5. The molecule has 1 atom stereocenters. The van der Waals surface area contributed by atoms with Crippen LogP contribution in [0.25, 0.3) is 11.3 Å². The fraction of sp³-hybridized carbons (Fsp3) is 0.0714. The van der Waals surface area contributed by atoms with E-state index in [0.29, 0.717) is 6.54 Å². The van der Waals surface area contributed by atoms with Crippen LogP contribution in [0, 0.1) is 0 Å². The summed E-state index contributed by atoms with van der Waals surface area (Å²) in [7, 11) is 0. The van der Waals surface area contributed by atoms with Gasteiger partial charge in [0.2, 0.25) is 0 Å². The second kappa shape index (κ2) is 8.30. The molecule has 3 aromatic carbocycles. The molecule has 0 saturated heterocycles. The largest absolute Gasteiger partial charge is 0.467 e. The molecule has 2 nitrogen and oxygen atoms in total. The van der Waals surface area contributed by atoms with Crippen molar-refractivity contribution in [3.63, 3.8) is 0 Å². The molecule has 2 heteroatoms. The Bertz CT molecular complexity index is 1140. The Hall–Kier alpha value is -3.78. The van der Waals surface area contributed by atoms with Crippen LogP contribution >= 0.6 is 0 Å². The Morgan fingerprint density at radius 1 is 0.667 bits per heavy atom. The van der Waals surface area contributed by atoms with Crippen LogP contribution < -0.4 is 0 Å². The summed E-state index contributed by atoms with van der Waals surface area (Å²) in [5.41, 5.74) is 6.12. The highest BCUT2D eigenvalue weighted by molar-refractivity contribution is 5.86. The maximum Gasteiger partial charge on any atom is 0.123 e. The summed E-state index contributed by atoms with van der Waals surface area (Å²) in [6.45, 7) is 0.700. The molecular weight excluding hydrogens is 366 g/mol. The Morgan fingerprint density at radius 2 is 1.30 bits per heavy atom. The van der Waals surface area contributed by atoms with Gasteiger partial charge < -0.3 is 9.32 Å². The van der Waals surface area contributed by atoms with Crippen molar-refractivity contribution >= 4 is 11.3 Å². The van der Waals surface area contributed by atoms with Gasteiger partial charge in [-0.3, -0.25) is 0 Å². The predicted octanol–water partition coefficient (Wildman–Crippen LogP) is 6.96. The molecule has 1 unspecified atom stereocenters. The van der Waals surface area contributed by atoms with E-state index in [4.69, 9.17) is 4.42 Å². The van der Waals surface area contributed by atoms with Crippen molar-refractivity contribution in [3.8, 4) is 0 Å². The number of furan rings is 1. The van der Waals surface area contributed by atoms with E-state index in [1.54, 1.807) is 6.26 Å². The molecule has 4 aromatic rings. The monoisotopic (exact) mass is 389 g/mol. The molecule has 0 radical (unpaired) electrons. The molecule has 1 aliphatic rings. The maximum absolute atomic E-state index is 5.73. The first-order chi connectivity index (χ1) is 14.9. The average Bonchev–Trinajstić information content (AvgIpc) is 3.34. The molecule has 146 valence electrons. The topological polar surface area (TPSA) is 16.4 Å². The highest BCUT2D eigenvalue weighted by Gasteiger charge is 2.27. The van der Waals surface area contributed by atoms with E-state index in [-0.39, 0.29) is 6.04 Å². The molecule has 0 N–H and O–H groups in total. The Labute approximate surface area is 177 Å². The number of hydrogen-bond acceptors (Lipinski definition) is 2. The van der Waals surface area contributed by atoms with Gasteiger partial charge in [-0.15, -0.1) is 0 Å². The normalized spacial score (nSPS) is 16.1. The lowest BCUT2D eigenvalue weighted by Gasteiger charge is -2.37. The van der Waals surface area contributed by atoms with Crippen molar-refractivity contribution < 1.29 is 4.42 Å². The predicted molar refractivity (Wildman–Crippen MR) is 122 cm³/mol. The van der Waals surface area contributed by atoms with Crippen molar-refractivity contribution in [3.05, 3.63) is 144 Å². The van der Waals surface area contributed by atoms with Crippen molar-refractivity contribution in [2.45, 2.75) is 12.6 Å². The molecule has 1 aliphatic heterocycles. The molecule has 1 aromatic heterocycles. The fourth-order valence-electron chi connectivity index (χ4n) is 4.04. The van der Waals surface area contributed by atoms with Crippen molar-refractivity contribution in [1.82, 2.24) is 4.90 Å². The van der Waals surface area contributed by atoms with Gasteiger partial charge in [0, 0.05) is 5.70 Å². The van der Waals surface area contributed by atoms with Crippen LogP contribution in [0.2, 0.25) is 0 Å². The van der Waals surface area contributed by atoms with E-state index in [0.717, 1.165) is 5.76 Å². The van der Waals surface area contributed by atoms with Crippen molar-refractivity contribution in [2.75, 3.05) is 0 Å². The van der Waals surface area contributed by atoms with Crippen LogP contribution in [-0.2, 0) is 6.54 Å².